The highest BCUT2D eigenvalue weighted by Crippen LogP contribution is 2.38. The van der Waals surface area contributed by atoms with Crippen LogP contribution in [0.25, 0.3) is 12.2 Å². The van der Waals surface area contributed by atoms with Gasteiger partial charge in [-0.05, 0) is 160 Å². The van der Waals surface area contributed by atoms with Gasteiger partial charge in [-0.15, -0.1) is 0 Å². The second kappa shape index (κ2) is 33.1. The summed E-state index contributed by atoms with van der Waals surface area (Å²) in [4.78, 5) is 23.9. The van der Waals surface area contributed by atoms with Crippen molar-refractivity contribution in [3.8, 4) is 17.2 Å². The number of hydrogen-bond donors (Lipinski definition) is 1. The molecule has 4 aromatic rings. The van der Waals surface area contributed by atoms with Crippen molar-refractivity contribution >= 4 is 121 Å². The maximum atomic E-state index is 10.9. The molecule has 0 amide bonds. The standard InChI is InChI=1S/C10H9BrO2.C9H8Cl2.C9H10Cl2.C8H7Cl3O.C8H15NO.C7H13NO/c1-2-3-7-4-9-10(5-8(7)11)13-6-12-9;1-2-4-7-8(10)5-3-6-9(7)11;1-2-3-7-4-5-8(10)9(11)6-7;1-2-12-8-6(10)3-5(9)4-7(8)11;1-7(10)8-3-5-9(2)6-4-8;1-6(9)7-2-4-8-5-3-7/h2-5H,6H2,1H3;2-6H,1H3;4-6H,2-3H2,1H3;3-4H,2H2,1H3;8H,3-6H2,1-2H3;7-8H,2-5H2,1H3/b3-2+;4-2+;;;;. The fraction of sp³-hybridized carbons (Fsp3) is 0.412. The molecule has 0 aliphatic carbocycles. The Labute approximate surface area is 436 Å². The zero-order valence-electron chi connectivity index (χ0n) is 38.7. The van der Waals surface area contributed by atoms with Crippen molar-refractivity contribution in [3.05, 3.63) is 129 Å². The van der Waals surface area contributed by atoms with E-state index in [-0.39, 0.29) is 0 Å². The Morgan fingerprint density at radius 3 is 1.76 bits per heavy atom. The first-order valence-corrected chi connectivity index (χ1v) is 25.3. The minimum absolute atomic E-state index is 0.321. The Morgan fingerprint density at radius 1 is 0.727 bits per heavy atom. The minimum Gasteiger partial charge on any atom is -0.491 e. The van der Waals surface area contributed by atoms with Crippen LogP contribution in [0.2, 0.25) is 35.2 Å². The van der Waals surface area contributed by atoms with Crippen molar-refractivity contribution in [1.29, 1.82) is 0 Å². The lowest BCUT2D eigenvalue weighted by molar-refractivity contribution is -0.122. The van der Waals surface area contributed by atoms with Crippen LogP contribution in [0.1, 0.15) is 90.3 Å². The molecule has 0 atom stereocenters. The Balaban J connectivity index is 0.000000273. The van der Waals surface area contributed by atoms with E-state index < -0.39 is 0 Å². The van der Waals surface area contributed by atoms with Gasteiger partial charge in [0.25, 0.3) is 0 Å². The average molecular weight is 1110 g/mol. The summed E-state index contributed by atoms with van der Waals surface area (Å²) < 4.78 is 16.7. The molecule has 0 unspecified atom stereocenters. The van der Waals surface area contributed by atoms with Crippen LogP contribution in [0.4, 0.5) is 0 Å². The first-order valence-electron chi connectivity index (χ1n) is 21.9. The third-order valence-corrected chi connectivity index (χ3v) is 13.0. The van der Waals surface area contributed by atoms with Gasteiger partial charge in [0, 0.05) is 36.9 Å². The van der Waals surface area contributed by atoms with Crippen molar-refractivity contribution in [2.24, 2.45) is 11.8 Å². The van der Waals surface area contributed by atoms with Gasteiger partial charge in [0.2, 0.25) is 6.79 Å². The molecule has 4 aromatic carbocycles. The summed E-state index contributed by atoms with van der Waals surface area (Å²) in [6.07, 6.45) is 14.2. The van der Waals surface area contributed by atoms with Crippen LogP contribution in [0.15, 0.2) is 77.3 Å². The number of piperidine rings is 2. The number of carbonyl (C=O) groups excluding carboxylic acids is 2. The number of hydrogen-bond acceptors (Lipinski definition) is 7. The highest BCUT2D eigenvalue weighted by molar-refractivity contribution is 9.10. The van der Waals surface area contributed by atoms with Gasteiger partial charge in [-0.3, -0.25) is 9.59 Å². The summed E-state index contributed by atoms with van der Waals surface area (Å²) in [5.74, 6) is 3.55. The van der Waals surface area contributed by atoms with Gasteiger partial charge in [0.05, 0.1) is 26.7 Å². The quantitative estimate of drug-likeness (QED) is 0.188. The molecule has 0 saturated carbocycles. The molecule has 2 saturated heterocycles. The van der Waals surface area contributed by atoms with Gasteiger partial charge >= 0.3 is 0 Å². The lowest BCUT2D eigenvalue weighted by Gasteiger charge is -2.26. The van der Waals surface area contributed by atoms with Gasteiger partial charge in [-0.25, -0.2) is 0 Å². The molecular weight excluding hydrogens is 1050 g/mol. The predicted molar refractivity (Wildman–Crippen MR) is 286 cm³/mol. The van der Waals surface area contributed by atoms with Crippen LogP contribution in [0, 0.1) is 11.8 Å². The van der Waals surface area contributed by atoms with E-state index >= 15 is 0 Å². The number of rotatable bonds is 8. The third kappa shape index (κ3) is 22.3. The lowest BCUT2D eigenvalue weighted by Crippen LogP contribution is -2.32. The van der Waals surface area contributed by atoms with Gasteiger partial charge in [-0.2, -0.15) is 0 Å². The van der Waals surface area contributed by atoms with Gasteiger partial charge in [-0.1, -0.05) is 147 Å². The van der Waals surface area contributed by atoms with Crippen LogP contribution >= 0.6 is 97.1 Å². The largest absolute Gasteiger partial charge is 0.491 e. The zero-order chi connectivity index (χ0) is 49.2. The molecule has 1 N–H and O–H groups in total. The highest BCUT2D eigenvalue weighted by Gasteiger charge is 2.20. The topological polar surface area (TPSA) is 77.1 Å². The summed E-state index contributed by atoms with van der Waals surface area (Å²) >= 11 is 44.1. The second-order valence-corrected chi connectivity index (χ2v) is 19.0. The molecule has 0 bridgehead atoms. The van der Waals surface area contributed by atoms with E-state index in [1.807, 2.05) is 93.6 Å². The van der Waals surface area contributed by atoms with Crippen LogP contribution in [-0.4, -0.2) is 63.1 Å². The maximum Gasteiger partial charge on any atom is 0.231 e. The lowest BCUT2D eigenvalue weighted by atomic mass is 9.94. The number of ether oxygens (including phenoxy) is 3. The maximum absolute atomic E-state index is 10.9. The summed E-state index contributed by atoms with van der Waals surface area (Å²) in [6.45, 7) is 16.4. The van der Waals surface area contributed by atoms with Gasteiger partial charge in [0.1, 0.15) is 11.6 Å². The first-order chi connectivity index (χ1) is 31.4. The van der Waals surface area contributed by atoms with Crippen LogP contribution < -0.4 is 19.5 Å². The average Bonchev–Trinajstić information content (AvgIpc) is 3.74. The molecular formula is C51H62BrCl7N2O5. The molecule has 2 fully saturated rings. The molecule has 3 heterocycles. The van der Waals surface area contributed by atoms with E-state index in [0.717, 1.165) is 91.8 Å². The molecule has 3 aliphatic heterocycles. The SMILES string of the molecule is C/C=C/c1c(Cl)cccc1Cl.C/C=C/c1cc2c(cc1Br)OCO2.CC(=O)C1CCN(C)CC1.CC(=O)C1CCNCC1.CCCc1ccc(Cl)c(Cl)c1.CCOc1c(Cl)cc(Cl)cc1Cl. The number of benzene rings is 4. The molecule has 7 nitrogen and oxygen atoms in total. The van der Waals surface area contributed by atoms with E-state index in [1.165, 1.54) is 5.56 Å². The Hall–Kier alpha value is -2.47. The van der Waals surface area contributed by atoms with Crippen LogP contribution in [0.5, 0.6) is 17.2 Å². The fourth-order valence-electron chi connectivity index (χ4n) is 6.52. The van der Waals surface area contributed by atoms with Crippen molar-refractivity contribution < 1.29 is 23.8 Å². The summed E-state index contributed by atoms with van der Waals surface area (Å²) in [6, 6.07) is 18.3. The Kier molecular flexibility index (Phi) is 29.9. The van der Waals surface area contributed by atoms with Crippen molar-refractivity contribution in [3.63, 3.8) is 0 Å². The fourth-order valence-corrected chi connectivity index (χ4v) is 8.74. The number of ketones is 2. The zero-order valence-corrected chi connectivity index (χ0v) is 45.6. The van der Waals surface area contributed by atoms with Crippen molar-refractivity contribution in [2.75, 3.05) is 46.6 Å². The van der Waals surface area contributed by atoms with E-state index in [4.69, 9.17) is 95.4 Å². The van der Waals surface area contributed by atoms with Gasteiger partial charge < -0.3 is 24.4 Å². The number of carbonyl (C=O) groups is 2. The Morgan fingerprint density at radius 2 is 1.27 bits per heavy atom. The smallest absolute Gasteiger partial charge is 0.231 e. The molecule has 7 rings (SSSR count). The van der Waals surface area contributed by atoms with Crippen molar-refractivity contribution in [2.45, 2.75) is 80.1 Å². The first kappa shape index (κ1) is 59.7. The normalized spacial score (nSPS) is 14.5. The van der Waals surface area contributed by atoms with Gasteiger partial charge in [0.15, 0.2) is 17.2 Å². The second-order valence-electron chi connectivity index (χ2n) is 15.3. The summed E-state index contributed by atoms with van der Waals surface area (Å²) in [5.41, 5.74) is 3.24. The number of Topliss-reactive ketones (excluding diaryl/α,β-unsaturated/α-hetero) is 2. The molecule has 0 spiro atoms. The van der Waals surface area contributed by atoms with Crippen molar-refractivity contribution in [1.82, 2.24) is 10.2 Å². The molecule has 0 aromatic heterocycles. The number of aryl methyl sites for hydroxylation is 1. The predicted octanol–water partition coefficient (Wildman–Crippen LogP) is 16.7. The highest BCUT2D eigenvalue weighted by atomic mass is 79.9. The number of nitrogens with one attached hydrogen (secondary N) is 1. The number of allylic oxidation sites excluding steroid dienone is 2. The summed E-state index contributed by atoms with van der Waals surface area (Å²) in [7, 11) is 2.11. The molecule has 0 radical (unpaired) electrons. The number of likely N-dealkylation sites (tertiary alicyclic amines) is 1. The third-order valence-electron chi connectivity index (χ3n) is 10.2. The van der Waals surface area contributed by atoms with Crippen LogP contribution in [0.3, 0.4) is 0 Å². The number of halogens is 8. The Bertz CT molecular complexity index is 2130. The monoisotopic (exact) mass is 1110 g/mol. The molecule has 66 heavy (non-hydrogen) atoms. The molecule has 362 valence electrons. The van der Waals surface area contributed by atoms with Crippen LogP contribution in [-0.2, 0) is 16.0 Å². The minimum atomic E-state index is 0.321. The number of fused-ring (bicyclic) bond motifs is 1. The number of nitrogens with zero attached hydrogens (tertiary/aromatic N) is 1. The molecule has 3 aliphatic rings. The van der Waals surface area contributed by atoms with E-state index in [2.05, 4.69) is 40.1 Å². The van der Waals surface area contributed by atoms with E-state index in [1.54, 1.807) is 26.0 Å². The molecule has 15 heteroatoms. The van der Waals surface area contributed by atoms with E-state index in [0.29, 0.717) is 77.7 Å². The summed E-state index contributed by atoms with van der Waals surface area (Å²) in [5, 5.41) is 7.27. The van der Waals surface area contributed by atoms with E-state index in [9.17, 15) is 9.59 Å².